The maximum absolute atomic E-state index is 13.7. The molecule has 0 unspecified atom stereocenters. The van der Waals surface area contributed by atoms with Crippen molar-refractivity contribution in [2.24, 2.45) is 0 Å². The minimum absolute atomic E-state index is 0.0254. The highest BCUT2D eigenvalue weighted by Crippen LogP contribution is 2.28. The maximum Gasteiger partial charge on any atom is 0.220 e. The van der Waals surface area contributed by atoms with Crippen molar-refractivity contribution in [2.45, 2.75) is 32.6 Å². The number of hydrogen-bond donors (Lipinski definition) is 1. The molecule has 0 saturated heterocycles. The summed E-state index contributed by atoms with van der Waals surface area (Å²) in [6, 6.07) is 3.76. The number of amides is 1. The van der Waals surface area contributed by atoms with Gasteiger partial charge in [-0.3, -0.25) is 4.79 Å². The summed E-state index contributed by atoms with van der Waals surface area (Å²) < 4.78 is 27.4. The summed E-state index contributed by atoms with van der Waals surface area (Å²) in [6.45, 7) is 2.51. The lowest BCUT2D eigenvalue weighted by molar-refractivity contribution is -0.121. The summed E-state index contributed by atoms with van der Waals surface area (Å²) in [5, 5.41) is 4.90. The van der Waals surface area contributed by atoms with Gasteiger partial charge in [-0.2, -0.15) is 0 Å². The van der Waals surface area contributed by atoms with Crippen molar-refractivity contribution in [3.05, 3.63) is 40.9 Å². The van der Waals surface area contributed by atoms with Crippen LogP contribution in [-0.2, 0) is 11.2 Å². The fraction of sp³-hybridized carbons (Fsp3) is 0.375. The third-order valence-electron chi connectivity index (χ3n) is 3.19. The summed E-state index contributed by atoms with van der Waals surface area (Å²) in [5.74, 6) is -1.21. The van der Waals surface area contributed by atoms with Crippen LogP contribution in [-0.4, -0.2) is 17.4 Å². The number of carbonyl (C=O) groups excluding carboxylic acids is 1. The van der Waals surface area contributed by atoms with Crippen molar-refractivity contribution in [3.63, 3.8) is 0 Å². The third-order valence-corrected chi connectivity index (χ3v) is 4.10. The highest BCUT2D eigenvalue weighted by molar-refractivity contribution is 7.13. The average molecular weight is 324 g/mol. The van der Waals surface area contributed by atoms with E-state index in [9.17, 15) is 13.6 Å². The van der Waals surface area contributed by atoms with Crippen molar-refractivity contribution in [2.75, 3.05) is 6.54 Å². The van der Waals surface area contributed by atoms with Crippen LogP contribution in [0.3, 0.4) is 0 Å². The smallest absolute Gasteiger partial charge is 0.220 e. The normalized spacial score (nSPS) is 10.7. The Labute approximate surface area is 132 Å². The highest BCUT2D eigenvalue weighted by Gasteiger charge is 2.14. The third kappa shape index (κ3) is 4.34. The van der Waals surface area contributed by atoms with Gasteiger partial charge >= 0.3 is 0 Å². The van der Waals surface area contributed by atoms with Gasteiger partial charge in [0.2, 0.25) is 5.91 Å². The Hall–Kier alpha value is -1.82. The molecule has 2 aromatic rings. The first-order valence-corrected chi connectivity index (χ1v) is 8.15. The van der Waals surface area contributed by atoms with Gasteiger partial charge in [0.05, 0.1) is 11.3 Å². The lowest BCUT2D eigenvalue weighted by atomic mass is 10.2. The van der Waals surface area contributed by atoms with Gasteiger partial charge in [-0.1, -0.05) is 19.4 Å². The molecule has 0 atom stereocenters. The van der Waals surface area contributed by atoms with Crippen molar-refractivity contribution >= 4 is 17.2 Å². The molecule has 2 rings (SSSR count). The lowest BCUT2D eigenvalue weighted by Gasteiger charge is -2.03. The van der Waals surface area contributed by atoms with Crippen LogP contribution in [0.1, 0.15) is 31.9 Å². The molecule has 0 aliphatic rings. The number of nitrogens with zero attached hydrogens (tertiary/aromatic N) is 1. The molecule has 3 nitrogen and oxygen atoms in total. The summed E-state index contributed by atoms with van der Waals surface area (Å²) in [5.41, 5.74) is 0.629. The molecule has 1 heterocycles. The number of rotatable bonds is 7. The maximum atomic E-state index is 13.7. The zero-order valence-electron chi connectivity index (χ0n) is 12.4. The zero-order chi connectivity index (χ0) is 15.9. The van der Waals surface area contributed by atoms with Crippen LogP contribution >= 0.6 is 11.3 Å². The van der Waals surface area contributed by atoms with Crippen molar-refractivity contribution < 1.29 is 13.6 Å². The van der Waals surface area contributed by atoms with E-state index in [1.807, 2.05) is 6.92 Å². The lowest BCUT2D eigenvalue weighted by Crippen LogP contribution is -2.25. The molecule has 0 fully saturated rings. The molecule has 22 heavy (non-hydrogen) atoms. The first kappa shape index (κ1) is 16.5. The van der Waals surface area contributed by atoms with Gasteiger partial charge in [-0.15, -0.1) is 11.3 Å². The fourth-order valence-corrected chi connectivity index (χ4v) is 2.90. The SMILES string of the molecule is CCCCC(=O)NCCc1csc(-c2c(F)cccc2F)n1. The molecular formula is C16H18F2N2OS. The van der Waals surface area contributed by atoms with Crippen molar-refractivity contribution in [3.8, 4) is 10.6 Å². The molecule has 0 aliphatic carbocycles. The van der Waals surface area contributed by atoms with Crippen LogP contribution in [0.2, 0.25) is 0 Å². The zero-order valence-corrected chi connectivity index (χ0v) is 13.2. The van der Waals surface area contributed by atoms with Crippen LogP contribution in [0.4, 0.5) is 8.78 Å². The average Bonchev–Trinajstić information content (AvgIpc) is 2.93. The Morgan fingerprint density at radius 1 is 1.32 bits per heavy atom. The Morgan fingerprint density at radius 2 is 2.05 bits per heavy atom. The van der Waals surface area contributed by atoms with Crippen LogP contribution in [0.15, 0.2) is 23.6 Å². The molecule has 1 aromatic heterocycles. The molecule has 1 amide bonds. The van der Waals surface area contributed by atoms with Gasteiger partial charge in [0.1, 0.15) is 16.6 Å². The summed E-state index contributed by atoms with van der Waals surface area (Å²) >= 11 is 1.20. The highest BCUT2D eigenvalue weighted by atomic mass is 32.1. The number of aromatic nitrogens is 1. The minimum Gasteiger partial charge on any atom is -0.356 e. The summed E-state index contributed by atoms with van der Waals surface area (Å²) in [6.07, 6.45) is 2.93. The minimum atomic E-state index is -0.617. The Kier molecular flexibility index (Phi) is 6.00. The number of halogens is 2. The van der Waals surface area contributed by atoms with Crippen LogP contribution < -0.4 is 5.32 Å². The second-order valence-electron chi connectivity index (χ2n) is 4.94. The summed E-state index contributed by atoms with van der Waals surface area (Å²) in [7, 11) is 0. The van der Waals surface area contributed by atoms with Gasteiger partial charge in [-0.25, -0.2) is 13.8 Å². The fourth-order valence-electron chi connectivity index (χ4n) is 1.99. The second-order valence-corrected chi connectivity index (χ2v) is 5.80. The molecule has 0 spiro atoms. The number of hydrogen-bond acceptors (Lipinski definition) is 3. The predicted molar refractivity (Wildman–Crippen MR) is 83.7 cm³/mol. The molecule has 1 aromatic carbocycles. The van der Waals surface area contributed by atoms with Gasteiger partial charge in [0.15, 0.2) is 0 Å². The standard InChI is InChI=1S/C16H18F2N2OS/c1-2-3-7-14(21)19-9-8-11-10-22-16(20-11)15-12(17)5-4-6-13(15)18/h4-6,10H,2-3,7-9H2,1H3,(H,19,21). The van der Waals surface area contributed by atoms with Crippen LogP contribution in [0.25, 0.3) is 10.6 Å². The van der Waals surface area contributed by atoms with E-state index in [4.69, 9.17) is 0 Å². The van der Waals surface area contributed by atoms with E-state index in [2.05, 4.69) is 10.3 Å². The second kappa shape index (κ2) is 7.98. The van der Waals surface area contributed by atoms with E-state index in [-0.39, 0.29) is 11.5 Å². The van der Waals surface area contributed by atoms with Crippen LogP contribution in [0.5, 0.6) is 0 Å². The molecule has 118 valence electrons. The predicted octanol–water partition coefficient (Wildman–Crippen LogP) is 3.94. The largest absolute Gasteiger partial charge is 0.356 e. The Bertz CT molecular complexity index is 623. The summed E-state index contributed by atoms with van der Waals surface area (Å²) in [4.78, 5) is 15.7. The Balaban J connectivity index is 1.93. The van der Waals surface area contributed by atoms with E-state index in [1.54, 1.807) is 5.38 Å². The van der Waals surface area contributed by atoms with E-state index in [1.165, 1.54) is 29.5 Å². The van der Waals surface area contributed by atoms with E-state index >= 15 is 0 Å². The first-order chi connectivity index (χ1) is 10.6. The quantitative estimate of drug-likeness (QED) is 0.838. The number of nitrogens with one attached hydrogen (secondary N) is 1. The van der Waals surface area contributed by atoms with E-state index in [0.29, 0.717) is 24.4 Å². The molecule has 1 N–H and O–H groups in total. The first-order valence-electron chi connectivity index (χ1n) is 7.27. The van der Waals surface area contributed by atoms with Gasteiger partial charge < -0.3 is 5.32 Å². The number of benzene rings is 1. The molecule has 0 bridgehead atoms. The number of unbranched alkanes of at least 4 members (excludes halogenated alkanes) is 1. The molecule has 0 radical (unpaired) electrons. The Morgan fingerprint density at radius 3 is 2.73 bits per heavy atom. The molecule has 0 saturated carbocycles. The molecule has 0 aliphatic heterocycles. The van der Waals surface area contributed by atoms with Gasteiger partial charge in [-0.05, 0) is 18.6 Å². The van der Waals surface area contributed by atoms with E-state index < -0.39 is 11.6 Å². The number of thiazole rings is 1. The van der Waals surface area contributed by atoms with Crippen molar-refractivity contribution in [1.82, 2.24) is 10.3 Å². The van der Waals surface area contributed by atoms with Crippen LogP contribution in [0, 0.1) is 11.6 Å². The topological polar surface area (TPSA) is 42.0 Å². The monoisotopic (exact) mass is 324 g/mol. The van der Waals surface area contributed by atoms with Gasteiger partial charge in [0.25, 0.3) is 0 Å². The molecule has 6 heteroatoms. The van der Waals surface area contributed by atoms with Gasteiger partial charge in [0, 0.05) is 24.8 Å². The van der Waals surface area contributed by atoms with E-state index in [0.717, 1.165) is 18.5 Å². The number of carbonyl (C=O) groups is 1. The van der Waals surface area contributed by atoms with Crippen molar-refractivity contribution in [1.29, 1.82) is 0 Å². The molecular weight excluding hydrogens is 306 g/mol.